The Labute approximate surface area is 270 Å². The Bertz CT molecular complexity index is 1800. The van der Waals surface area contributed by atoms with E-state index in [1.807, 2.05) is 60.7 Å². The standard InChI is InChI=1S/C32H26FN5O6S2/c33-21-13-7-8-14-23(21)43-15-20-16-45-30-25(36-28(39)24(37-42)22-17-46-32(34)35-22)29(40)38(30)26(20)31(41)44-27(18-9-3-1-4-10-18)19-11-5-2-6-12-19/h1-14,17,25,27,30,42H,15-16H2,(H2,34,35)(H,36,39)/b37-24-/t25?,30-/m1/s1. The number of aromatic nitrogens is 1. The van der Waals surface area contributed by atoms with Gasteiger partial charge in [0.1, 0.15) is 29.4 Å². The minimum absolute atomic E-state index is 0.0140. The van der Waals surface area contributed by atoms with Crippen molar-refractivity contribution in [1.82, 2.24) is 15.2 Å². The molecule has 0 spiro atoms. The van der Waals surface area contributed by atoms with Crippen LogP contribution in [0.1, 0.15) is 22.9 Å². The topological polar surface area (TPSA) is 156 Å². The van der Waals surface area contributed by atoms with Crippen molar-refractivity contribution in [2.75, 3.05) is 18.1 Å². The van der Waals surface area contributed by atoms with E-state index in [1.54, 1.807) is 6.07 Å². The minimum atomic E-state index is -1.05. The number of benzene rings is 3. The molecule has 0 bridgehead atoms. The van der Waals surface area contributed by atoms with Gasteiger partial charge in [-0.2, -0.15) is 0 Å². The summed E-state index contributed by atoms with van der Waals surface area (Å²) >= 11 is 2.34. The first-order chi connectivity index (χ1) is 22.4. The van der Waals surface area contributed by atoms with E-state index < -0.39 is 46.8 Å². The van der Waals surface area contributed by atoms with Crippen molar-refractivity contribution in [3.05, 3.63) is 124 Å². The van der Waals surface area contributed by atoms with Gasteiger partial charge in [0.15, 0.2) is 28.5 Å². The van der Waals surface area contributed by atoms with Gasteiger partial charge in [-0.05, 0) is 23.3 Å². The summed E-state index contributed by atoms with van der Waals surface area (Å²) < 4.78 is 26.2. The second kappa shape index (κ2) is 13.4. The molecular formula is C32H26FN5O6S2. The Morgan fingerprint density at radius 1 is 1.07 bits per heavy atom. The number of nitrogens with zero attached hydrogens (tertiary/aromatic N) is 3. The highest BCUT2D eigenvalue weighted by Crippen LogP contribution is 2.42. The number of nitrogen functional groups attached to an aromatic ring is 1. The SMILES string of the molecule is Nc1nc(/C(=N/O)C(=O)NC2C(=O)N3C(C(=O)OC(c4ccccc4)c4ccccc4)=C(COc4ccccc4F)CS[C@H]23)cs1. The van der Waals surface area contributed by atoms with Crippen LogP contribution in [0, 0.1) is 5.82 Å². The summed E-state index contributed by atoms with van der Waals surface area (Å²) in [6, 6.07) is 23.1. The molecule has 4 N–H and O–H groups in total. The molecule has 2 amide bonds. The third-order valence-corrected chi connectivity index (χ3v) is 9.29. The maximum atomic E-state index is 14.4. The van der Waals surface area contributed by atoms with Gasteiger partial charge >= 0.3 is 5.97 Å². The number of thiazole rings is 1. The first-order valence-corrected chi connectivity index (χ1v) is 15.9. The average Bonchev–Trinajstić information content (AvgIpc) is 3.51. The lowest BCUT2D eigenvalue weighted by atomic mass is 10.0. The van der Waals surface area contributed by atoms with Gasteiger partial charge in [0.25, 0.3) is 11.8 Å². The van der Waals surface area contributed by atoms with E-state index in [0.717, 1.165) is 11.3 Å². The van der Waals surface area contributed by atoms with E-state index in [1.165, 1.54) is 40.2 Å². The highest BCUT2D eigenvalue weighted by molar-refractivity contribution is 8.00. The average molecular weight is 660 g/mol. The van der Waals surface area contributed by atoms with Gasteiger partial charge < -0.3 is 25.7 Å². The lowest BCUT2D eigenvalue weighted by molar-refractivity contribution is -0.154. The summed E-state index contributed by atoms with van der Waals surface area (Å²) in [6.07, 6.45) is -0.801. The Kier molecular flexibility index (Phi) is 8.99. The summed E-state index contributed by atoms with van der Waals surface area (Å²) in [6.45, 7) is -0.195. The molecule has 2 aliphatic rings. The van der Waals surface area contributed by atoms with Crippen molar-refractivity contribution >= 4 is 51.7 Å². The Morgan fingerprint density at radius 2 is 1.72 bits per heavy atom. The number of rotatable bonds is 10. The van der Waals surface area contributed by atoms with Crippen molar-refractivity contribution < 1.29 is 33.5 Å². The lowest BCUT2D eigenvalue weighted by Gasteiger charge is -2.49. The molecule has 3 heterocycles. The molecule has 6 rings (SSSR count). The fourth-order valence-corrected chi connectivity index (χ4v) is 6.95. The van der Waals surface area contributed by atoms with Crippen LogP contribution in [0.4, 0.5) is 9.52 Å². The third kappa shape index (κ3) is 6.17. The van der Waals surface area contributed by atoms with Crippen LogP contribution in [0.2, 0.25) is 0 Å². The predicted molar refractivity (Wildman–Crippen MR) is 170 cm³/mol. The first kappa shape index (κ1) is 30.8. The van der Waals surface area contributed by atoms with Gasteiger partial charge in [0, 0.05) is 16.7 Å². The number of nitrogens with two attached hydrogens (primary N) is 1. The number of hydrogen-bond acceptors (Lipinski definition) is 11. The highest BCUT2D eigenvalue weighted by atomic mass is 32.2. The number of para-hydroxylation sites is 1. The van der Waals surface area contributed by atoms with Crippen LogP contribution in [-0.4, -0.2) is 62.4 Å². The highest BCUT2D eigenvalue weighted by Gasteiger charge is 2.55. The second-order valence-electron chi connectivity index (χ2n) is 10.2. The molecule has 46 heavy (non-hydrogen) atoms. The summed E-state index contributed by atoms with van der Waals surface area (Å²) in [4.78, 5) is 45.9. The second-order valence-corrected chi connectivity index (χ2v) is 12.2. The molecule has 0 saturated carbocycles. The zero-order chi connectivity index (χ0) is 32.2. The first-order valence-electron chi connectivity index (χ1n) is 13.9. The Morgan fingerprint density at radius 3 is 2.33 bits per heavy atom. The number of nitrogens with one attached hydrogen (secondary N) is 1. The number of amides is 2. The molecule has 2 atom stereocenters. The molecule has 3 aromatic carbocycles. The molecule has 1 fully saturated rings. The predicted octanol–water partition coefficient (Wildman–Crippen LogP) is 4.11. The number of hydrogen-bond donors (Lipinski definition) is 3. The van der Waals surface area contributed by atoms with Crippen LogP contribution < -0.4 is 15.8 Å². The van der Waals surface area contributed by atoms with Crippen LogP contribution in [0.3, 0.4) is 0 Å². The lowest BCUT2D eigenvalue weighted by Crippen LogP contribution is -2.71. The van der Waals surface area contributed by atoms with Gasteiger partial charge in [0.05, 0.1) is 0 Å². The van der Waals surface area contributed by atoms with Crippen molar-refractivity contribution in [3.63, 3.8) is 0 Å². The molecular weight excluding hydrogens is 634 g/mol. The molecule has 14 heteroatoms. The summed E-state index contributed by atoms with van der Waals surface area (Å²) in [5.41, 5.74) is 7.07. The number of thioether (sulfide) groups is 1. The third-order valence-electron chi connectivity index (χ3n) is 7.27. The van der Waals surface area contributed by atoms with Gasteiger partial charge in [-0.1, -0.05) is 78.0 Å². The van der Waals surface area contributed by atoms with E-state index in [4.69, 9.17) is 15.2 Å². The zero-order valence-electron chi connectivity index (χ0n) is 23.9. The summed E-state index contributed by atoms with van der Waals surface area (Å²) in [5.74, 6) is -2.60. The number of halogens is 1. The molecule has 0 radical (unpaired) electrons. The summed E-state index contributed by atoms with van der Waals surface area (Å²) in [5, 5.41) is 16.1. The zero-order valence-corrected chi connectivity index (χ0v) is 25.5. The number of fused-ring (bicyclic) bond motifs is 1. The normalized spacial score (nSPS) is 17.7. The van der Waals surface area contributed by atoms with E-state index in [9.17, 15) is 24.0 Å². The van der Waals surface area contributed by atoms with Gasteiger partial charge in [-0.25, -0.2) is 14.2 Å². The Balaban J connectivity index is 1.29. The number of oxime groups is 1. The van der Waals surface area contributed by atoms with Crippen LogP contribution in [0.15, 0.2) is 107 Å². The van der Waals surface area contributed by atoms with Crippen molar-refractivity contribution in [1.29, 1.82) is 0 Å². The number of ether oxygens (including phenoxy) is 2. The number of esters is 1. The molecule has 1 saturated heterocycles. The number of carbonyl (C=O) groups is 3. The molecule has 1 unspecified atom stereocenters. The number of anilines is 1. The molecule has 11 nitrogen and oxygen atoms in total. The molecule has 234 valence electrons. The molecule has 2 aliphatic heterocycles. The summed E-state index contributed by atoms with van der Waals surface area (Å²) in [7, 11) is 0. The number of β-lactam (4-membered cyclic amide) rings is 1. The maximum Gasteiger partial charge on any atom is 0.356 e. The molecule has 0 aliphatic carbocycles. The van der Waals surface area contributed by atoms with Crippen LogP contribution in [0.25, 0.3) is 0 Å². The van der Waals surface area contributed by atoms with E-state index in [2.05, 4.69) is 15.5 Å². The quantitative estimate of drug-likeness (QED) is 0.0750. The monoisotopic (exact) mass is 659 g/mol. The van der Waals surface area contributed by atoms with Gasteiger partial charge in [-0.15, -0.1) is 23.1 Å². The van der Waals surface area contributed by atoms with E-state index in [0.29, 0.717) is 16.7 Å². The maximum absolute atomic E-state index is 14.4. The van der Waals surface area contributed by atoms with Crippen molar-refractivity contribution in [3.8, 4) is 5.75 Å². The van der Waals surface area contributed by atoms with Crippen LogP contribution in [-0.2, 0) is 19.1 Å². The van der Waals surface area contributed by atoms with Crippen LogP contribution in [0.5, 0.6) is 5.75 Å². The smallest absolute Gasteiger partial charge is 0.356 e. The van der Waals surface area contributed by atoms with Crippen molar-refractivity contribution in [2.24, 2.45) is 5.16 Å². The molecule has 1 aromatic heterocycles. The van der Waals surface area contributed by atoms with E-state index >= 15 is 0 Å². The fourth-order valence-electron chi connectivity index (χ4n) is 5.08. The Hall–Kier alpha value is -5.21. The van der Waals surface area contributed by atoms with Crippen molar-refractivity contribution in [2.45, 2.75) is 17.5 Å². The largest absolute Gasteiger partial charge is 0.486 e. The van der Waals surface area contributed by atoms with Crippen LogP contribution >= 0.6 is 23.1 Å². The van der Waals surface area contributed by atoms with E-state index in [-0.39, 0.29) is 34.6 Å². The fraction of sp³-hybridized carbons (Fsp3) is 0.156. The van der Waals surface area contributed by atoms with Gasteiger partial charge in [-0.3, -0.25) is 14.5 Å². The minimum Gasteiger partial charge on any atom is -0.486 e. The van der Waals surface area contributed by atoms with Gasteiger partial charge in [0.2, 0.25) is 0 Å². The molecule has 4 aromatic rings. The number of carbonyl (C=O) groups excluding carboxylic acids is 3.